The maximum absolute atomic E-state index is 2.35. The van der Waals surface area contributed by atoms with Crippen molar-refractivity contribution < 1.29 is 0 Å². The number of hydrogen-bond acceptors (Lipinski definition) is 0. The maximum Gasteiger partial charge on any atom is 0.0523 e. The van der Waals surface area contributed by atoms with Gasteiger partial charge in [0.15, 0.2) is 0 Å². The molecule has 0 fully saturated rings. The average Bonchev–Trinajstić information content (AvgIpc) is 3.23. The minimum absolute atomic E-state index is 0.267. The summed E-state index contributed by atoms with van der Waals surface area (Å²) >= 11 is 0. The van der Waals surface area contributed by atoms with E-state index in [4.69, 9.17) is 0 Å². The van der Waals surface area contributed by atoms with E-state index < -0.39 is 0 Å². The Morgan fingerprint density at radius 2 is 0.968 bits per heavy atom. The van der Waals surface area contributed by atoms with Gasteiger partial charge in [-0.05, 0) is 45.0 Å². The number of benzene rings is 5. The van der Waals surface area contributed by atoms with Gasteiger partial charge in [0.25, 0.3) is 0 Å². The molecule has 0 aromatic heterocycles. The number of rotatable bonds is 4. The van der Waals surface area contributed by atoms with Crippen LogP contribution in [0.3, 0.4) is 0 Å². The Bertz CT molecular complexity index is 1230. The minimum atomic E-state index is -0.267. The van der Waals surface area contributed by atoms with E-state index in [9.17, 15) is 0 Å². The summed E-state index contributed by atoms with van der Waals surface area (Å²) in [7, 11) is 0. The van der Waals surface area contributed by atoms with Crippen LogP contribution >= 0.6 is 0 Å². The molecule has 31 heavy (non-hydrogen) atoms. The third-order valence-corrected chi connectivity index (χ3v) is 7.03. The molecule has 0 saturated heterocycles. The summed E-state index contributed by atoms with van der Waals surface area (Å²) in [4.78, 5) is 0. The van der Waals surface area contributed by atoms with Crippen molar-refractivity contribution in [2.45, 2.75) is 17.8 Å². The van der Waals surface area contributed by atoms with Crippen molar-refractivity contribution in [1.29, 1.82) is 0 Å². The summed E-state index contributed by atoms with van der Waals surface area (Å²) in [6.07, 6.45) is 1.04. The molecule has 1 unspecified atom stereocenters. The van der Waals surface area contributed by atoms with Gasteiger partial charge in [-0.25, -0.2) is 0 Å². The van der Waals surface area contributed by atoms with Crippen molar-refractivity contribution in [3.05, 3.63) is 155 Å². The highest BCUT2D eigenvalue weighted by atomic mass is 14.5. The lowest BCUT2D eigenvalue weighted by Gasteiger charge is -2.42. The van der Waals surface area contributed by atoms with Gasteiger partial charge in [0, 0.05) is 5.92 Å². The van der Waals surface area contributed by atoms with Crippen LogP contribution in [0, 0.1) is 0 Å². The van der Waals surface area contributed by atoms with Crippen molar-refractivity contribution in [2.75, 3.05) is 0 Å². The van der Waals surface area contributed by atoms with Gasteiger partial charge in [-0.15, -0.1) is 0 Å². The molecule has 5 aromatic rings. The Hall–Kier alpha value is -3.64. The first-order chi connectivity index (χ1) is 15.4. The van der Waals surface area contributed by atoms with Crippen LogP contribution in [0.5, 0.6) is 0 Å². The highest BCUT2D eigenvalue weighted by Crippen LogP contribution is 2.55. The quantitative estimate of drug-likeness (QED) is 0.276. The second kappa shape index (κ2) is 7.25. The predicted octanol–water partition coefficient (Wildman–Crippen LogP) is 7.51. The molecular weight excluding hydrogens is 372 g/mol. The van der Waals surface area contributed by atoms with Crippen molar-refractivity contribution in [3.8, 4) is 0 Å². The highest BCUT2D eigenvalue weighted by Gasteiger charge is 2.46. The first-order valence-electron chi connectivity index (χ1n) is 11.1. The number of hydrogen-bond donors (Lipinski definition) is 0. The van der Waals surface area contributed by atoms with Gasteiger partial charge < -0.3 is 0 Å². The van der Waals surface area contributed by atoms with Crippen molar-refractivity contribution >= 4 is 10.8 Å². The molecule has 148 valence electrons. The molecule has 1 aliphatic rings. The molecule has 0 spiro atoms. The second-order valence-electron chi connectivity index (χ2n) is 8.53. The predicted molar refractivity (Wildman–Crippen MR) is 130 cm³/mol. The van der Waals surface area contributed by atoms with Crippen LogP contribution in [0.15, 0.2) is 127 Å². The SMILES string of the molecule is c1ccc(C(c2ccccc2)(c2ccccc2)C2Cc3cccc4cccc2c34)cc1. The van der Waals surface area contributed by atoms with E-state index in [-0.39, 0.29) is 5.41 Å². The zero-order valence-corrected chi connectivity index (χ0v) is 17.4. The molecule has 0 aliphatic heterocycles. The smallest absolute Gasteiger partial charge is 0.0523 e. The van der Waals surface area contributed by atoms with Crippen LogP contribution < -0.4 is 0 Å². The van der Waals surface area contributed by atoms with Gasteiger partial charge in [-0.2, -0.15) is 0 Å². The first kappa shape index (κ1) is 18.2. The van der Waals surface area contributed by atoms with E-state index in [1.807, 2.05) is 0 Å². The van der Waals surface area contributed by atoms with Gasteiger partial charge in [0.1, 0.15) is 0 Å². The molecule has 0 radical (unpaired) electrons. The van der Waals surface area contributed by atoms with E-state index in [1.54, 1.807) is 0 Å². The molecule has 0 N–H and O–H groups in total. The van der Waals surface area contributed by atoms with Gasteiger partial charge in [0.05, 0.1) is 5.41 Å². The molecule has 1 aliphatic carbocycles. The Kier molecular flexibility index (Phi) is 4.25. The summed E-state index contributed by atoms with van der Waals surface area (Å²) in [5.41, 5.74) is 6.71. The standard InChI is InChI=1S/C31H24/c1-4-15-25(16-5-1)31(26-17-6-2-7-18-26,27-19-8-3-9-20-27)29-22-24-14-10-12-23-13-11-21-28(29)30(23)24/h1-21,29H,22H2. The van der Waals surface area contributed by atoms with E-state index in [1.165, 1.54) is 38.6 Å². The largest absolute Gasteiger partial charge is 0.0622 e. The fourth-order valence-electron chi connectivity index (χ4n) is 5.83. The van der Waals surface area contributed by atoms with Gasteiger partial charge >= 0.3 is 0 Å². The summed E-state index contributed by atoms with van der Waals surface area (Å²) in [5, 5.41) is 2.79. The van der Waals surface area contributed by atoms with Gasteiger partial charge in [0.2, 0.25) is 0 Å². The summed E-state index contributed by atoms with van der Waals surface area (Å²) < 4.78 is 0. The zero-order chi connectivity index (χ0) is 20.7. The van der Waals surface area contributed by atoms with Crippen LogP contribution in [0.25, 0.3) is 10.8 Å². The third kappa shape index (κ3) is 2.68. The maximum atomic E-state index is 2.35. The monoisotopic (exact) mass is 396 g/mol. The second-order valence-corrected chi connectivity index (χ2v) is 8.53. The molecule has 6 rings (SSSR count). The van der Waals surface area contributed by atoms with Crippen molar-refractivity contribution in [3.63, 3.8) is 0 Å². The van der Waals surface area contributed by atoms with Crippen LogP contribution in [-0.2, 0) is 11.8 Å². The average molecular weight is 397 g/mol. The highest BCUT2D eigenvalue weighted by molar-refractivity contribution is 5.92. The Balaban J connectivity index is 1.73. The normalized spacial score (nSPS) is 15.3. The fourth-order valence-corrected chi connectivity index (χ4v) is 5.83. The van der Waals surface area contributed by atoms with Crippen LogP contribution in [0.2, 0.25) is 0 Å². The van der Waals surface area contributed by atoms with Crippen LogP contribution in [0.1, 0.15) is 33.7 Å². The lowest BCUT2D eigenvalue weighted by Crippen LogP contribution is -2.36. The molecule has 0 nitrogen and oxygen atoms in total. The van der Waals surface area contributed by atoms with Gasteiger partial charge in [-0.1, -0.05) is 127 Å². The summed E-state index contributed by atoms with van der Waals surface area (Å²) in [5.74, 6) is 0.320. The molecule has 0 bridgehead atoms. The third-order valence-electron chi connectivity index (χ3n) is 7.03. The van der Waals surface area contributed by atoms with Crippen LogP contribution in [-0.4, -0.2) is 0 Å². The Labute approximate surface area is 183 Å². The molecule has 0 heteroatoms. The molecule has 0 heterocycles. The van der Waals surface area contributed by atoms with Crippen molar-refractivity contribution in [1.82, 2.24) is 0 Å². The first-order valence-corrected chi connectivity index (χ1v) is 11.1. The molecular formula is C31H24. The Morgan fingerprint density at radius 3 is 1.48 bits per heavy atom. The van der Waals surface area contributed by atoms with Crippen LogP contribution in [0.4, 0.5) is 0 Å². The van der Waals surface area contributed by atoms with E-state index in [0.717, 1.165) is 6.42 Å². The molecule has 0 saturated carbocycles. The fraction of sp³-hybridized carbons (Fsp3) is 0.0968. The Morgan fingerprint density at radius 1 is 0.484 bits per heavy atom. The summed E-state index contributed by atoms with van der Waals surface area (Å²) in [6.45, 7) is 0. The van der Waals surface area contributed by atoms with E-state index in [0.29, 0.717) is 5.92 Å². The molecule has 5 aromatic carbocycles. The lowest BCUT2D eigenvalue weighted by atomic mass is 9.60. The summed E-state index contributed by atoms with van der Waals surface area (Å²) in [6, 6.07) is 46.9. The lowest BCUT2D eigenvalue weighted by molar-refractivity contribution is 0.488. The minimum Gasteiger partial charge on any atom is -0.0622 e. The molecule has 1 atom stereocenters. The van der Waals surface area contributed by atoms with Gasteiger partial charge in [-0.3, -0.25) is 0 Å². The topological polar surface area (TPSA) is 0 Å². The van der Waals surface area contributed by atoms with Crippen molar-refractivity contribution in [2.24, 2.45) is 0 Å². The van der Waals surface area contributed by atoms with E-state index in [2.05, 4.69) is 127 Å². The molecule has 0 amide bonds. The zero-order valence-electron chi connectivity index (χ0n) is 17.4. The van der Waals surface area contributed by atoms with E-state index >= 15 is 0 Å².